The van der Waals surface area contributed by atoms with Gasteiger partial charge in [-0.25, -0.2) is 0 Å². The fourth-order valence-electron chi connectivity index (χ4n) is 0.764. The molecule has 0 atom stereocenters. The minimum absolute atomic E-state index is 0.565. The van der Waals surface area contributed by atoms with Crippen molar-refractivity contribution in [3.8, 4) is 0 Å². The van der Waals surface area contributed by atoms with Gasteiger partial charge in [0, 0.05) is 6.20 Å². The molecule has 1 N–H and O–H groups in total. The van der Waals surface area contributed by atoms with Crippen molar-refractivity contribution in [2.24, 2.45) is 0 Å². The zero-order chi connectivity index (χ0) is 6.97. The molecule has 0 fully saturated rings. The van der Waals surface area contributed by atoms with E-state index in [0.29, 0.717) is 11.0 Å². The maximum absolute atomic E-state index is 8.93. The van der Waals surface area contributed by atoms with Crippen LogP contribution in [0.5, 0.6) is 0 Å². The zero-order valence-corrected chi connectivity index (χ0v) is 4.97. The summed E-state index contributed by atoms with van der Waals surface area (Å²) < 4.78 is 0. The smallest absolute Gasteiger partial charge is 0.135 e. The molecule has 0 amide bonds. The van der Waals surface area contributed by atoms with E-state index in [2.05, 4.69) is 15.3 Å². The predicted octanol–water partition coefficient (Wildman–Crippen LogP) is 0.0636. The van der Waals surface area contributed by atoms with Gasteiger partial charge in [-0.2, -0.15) is 0 Å². The molecule has 0 aliphatic rings. The summed E-state index contributed by atoms with van der Waals surface area (Å²) in [5.74, 6) is 0. The van der Waals surface area contributed by atoms with E-state index in [1.54, 1.807) is 12.3 Å². The van der Waals surface area contributed by atoms with Crippen molar-refractivity contribution < 1.29 is 5.21 Å². The van der Waals surface area contributed by atoms with Crippen molar-refractivity contribution >= 4 is 11.0 Å². The number of nitrogens with zero attached hydrogens (tertiary/aromatic N) is 4. The van der Waals surface area contributed by atoms with E-state index < -0.39 is 0 Å². The maximum atomic E-state index is 8.93. The lowest BCUT2D eigenvalue weighted by molar-refractivity contribution is 0.154. The second-order valence-electron chi connectivity index (χ2n) is 1.84. The fraction of sp³-hybridized carbons (Fsp3) is 0. The molecule has 2 heterocycles. The molecule has 0 aliphatic heterocycles. The van der Waals surface area contributed by atoms with Crippen LogP contribution in [0.25, 0.3) is 11.0 Å². The van der Waals surface area contributed by atoms with E-state index in [9.17, 15) is 0 Å². The van der Waals surface area contributed by atoms with Crippen LogP contribution in [0.2, 0.25) is 0 Å². The van der Waals surface area contributed by atoms with Crippen LogP contribution >= 0.6 is 0 Å². The van der Waals surface area contributed by atoms with E-state index in [0.717, 1.165) is 4.85 Å². The first-order valence-electron chi connectivity index (χ1n) is 2.72. The SMILES string of the molecule is On1nnc2cnccc21. The molecule has 5 heteroatoms. The molecule has 0 aromatic carbocycles. The van der Waals surface area contributed by atoms with Crippen molar-refractivity contribution in [3.05, 3.63) is 18.5 Å². The Hall–Kier alpha value is -1.65. The van der Waals surface area contributed by atoms with E-state index in [-0.39, 0.29) is 0 Å². The minimum atomic E-state index is 0.565. The highest BCUT2D eigenvalue weighted by Crippen LogP contribution is 2.04. The van der Waals surface area contributed by atoms with E-state index in [1.807, 2.05) is 0 Å². The summed E-state index contributed by atoms with van der Waals surface area (Å²) >= 11 is 0. The first-order valence-corrected chi connectivity index (χ1v) is 2.72. The van der Waals surface area contributed by atoms with Gasteiger partial charge in [-0.05, 0) is 11.3 Å². The number of fused-ring (bicyclic) bond motifs is 1. The van der Waals surface area contributed by atoms with Gasteiger partial charge in [0.05, 0.1) is 6.20 Å². The average molecular weight is 136 g/mol. The standard InChI is InChI=1S/C5H4N4O/c10-9-5-1-2-6-3-4(5)7-8-9/h1-3,10H. The molecule has 2 aromatic rings. The Morgan fingerprint density at radius 2 is 2.40 bits per heavy atom. The summed E-state index contributed by atoms with van der Waals surface area (Å²) in [5, 5.41) is 15.9. The lowest BCUT2D eigenvalue weighted by atomic mass is 10.4. The van der Waals surface area contributed by atoms with Gasteiger partial charge in [-0.1, -0.05) is 4.85 Å². The van der Waals surface area contributed by atoms with Crippen molar-refractivity contribution in [2.45, 2.75) is 0 Å². The molecule has 0 bridgehead atoms. The molecule has 0 spiro atoms. The Balaban J connectivity index is 2.93. The second-order valence-corrected chi connectivity index (χ2v) is 1.84. The highest BCUT2D eigenvalue weighted by atomic mass is 16.5. The van der Waals surface area contributed by atoms with Gasteiger partial charge in [-0.15, -0.1) is 5.10 Å². The van der Waals surface area contributed by atoms with Crippen LogP contribution in [-0.4, -0.2) is 25.3 Å². The molecule has 0 aliphatic carbocycles. The van der Waals surface area contributed by atoms with E-state index in [4.69, 9.17) is 5.21 Å². The molecule has 2 aromatic heterocycles. The molecule has 0 radical (unpaired) electrons. The second kappa shape index (κ2) is 1.66. The maximum Gasteiger partial charge on any atom is 0.135 e. The van der Waals surface area contributed by atoms with Crippen LogP contribution in [-0.2, 0) is 0 Å². The lowest BCUT2D eigenvalue weighted by Crippen LogP contribution is -1.90. The Morgan fingerprint density at radius 1 is 1.50 bits per heavy atom. The largest absolute Gasteiger partial charge is 0.410 e. The quantitative estimate of drug-likeness (QED) is 0.520. The van der Waals surface area contributed by atoms with Crippen molar-refractivity contribution in [1.82, 2.24) is 20.1 Å². The molecule has 50 valence electrons. The summed E-state index contributed by atoms with van der Waals surface area (Å²) in [4.78, 5) is 4.52. The first kappa shape index (κ1) is 5.16. The molecule has 10 heavy (non-hydrogen) atoms. The average Bonchev–Trinajstić information content (AvgIpc) is 2.34. The first-order chi connectivity index (χ1) is 4.88. The van der Waals surface area contributed by atoms with Crippen LogP contribution < -0.4 is 0 Å². The number of hydrogen-bond acceptors (Lipinski definition) is 4. The van der Waals surface area contributed by atoms with Crippen LogP contribution in [0, 0.1) is 0 Å². The predicted molar refractivity (Wildman–Crippen MR) is 32.5 cm³/mol. The van der Waals surface area contributed by atoms with E-state index >= 15 is 0 Å². The molecular formula is C5H4N4O. The highest BCUT2D eigenvalue weighted by molar-refractivity contribution is 5.71. The third-order valence-electron chi connectivity index (χ3n) is 1.23. The third kappa shape index (κ3) is 0.540. The Morgan fingerprint density at radius 3 is 3.20 bits per heavy atom. The van der Waals surface area contributed by atoms with Gasteiger partial charge < -0.3 is 5.21 Å². The number of pyridine rings is 1. The number of hydrogen-bond donors (Lipinski definition) is 1. The summed E-state index contributed by atoms with van der Waals surface area (Å²) in [7, 11) is 0. The molecule has 0 unspecified atom stereocenters. The van der Waals surface area contributed by atoms with Gasteiger partial charge in [0.25, 0.3) is 0 Å². The highest BCUT2D eigenvalue weighted by Gasteiger charge is 1.99. The summed E-state index contributed by atoms with van der Waals surface area (Å²) in [6.07, 6.45) is 3.10. The Labute approximate surface area is 55.9 Å². The zero-order valence-electron chi connectivity index (χ0n) is 4.97. The van der Waals surface area contributed by atoms with Gasteiger partial charge in [0.1, 0.15) is 11.0 Å². The van der Waals surface area contributed by atoms with Gasteiger partial charge in [-0.3, -0.25) is 4.98 Å². The van der Waals surface area contributed by atoms with Gasteiger partial charge in [0.15, 0.2) is 0 Å². The van der Waals surface area contributed by atoms with Crippen LogP contribution in [0.4, 0.5) is 0 Å². The van der Waals surface area contributed by atoms with Crippen molar-refractivity contribution in [3.63, 3.8) is 0 Å². The van der Waals surface area contributed by atoms with Gasteiger partial charge in [0.2, 0.25) is 0 Å². The molecule has 0 saturated heterocycles. The number of rotatable bonds is 0. The normalized spacial score (nSPS) is 10.4. The summed E-state index contributed by atoms with van der Waals surface area (Å²) in [6.45, 7) is 0. The monoisotopic (exact) mass is 136 g/mol. The Bertz CT molecular complexity index is 355. The molecule has 0 saturated carbocycles. The lowest BCUT2D eigenvalue weighted by Gasteiger charge is -1.85. The topological polar surface area (TPSA) is 63.8 Å². The van der Waals surface area contributed by atoms with Crippen LogP contribution in [0.3, 0.4) is 0 Å². The number of aromatic nitrogens is 4. The van der Waals surface area contributed by atoms with Crippen molar-refractivity contribution in [2.75, 3.05) is 0 Å². The van der Waals surface area contributed by atoms with E-state index in [1.165, 1.54) is 6.20 Å². The molecule has 5 nitrogen and oxygen atoms in total. The minimum Gasteiger partial charge on any atom is -0.410 e. The fourth-order valence-corrected chi connectivity index (χ4v) is 0.764. The third-order valence-corrected chi connectivity index (χ3v) is 1.23. The summed E-state index contributed by atoms with van der Waals surface area (Å²) in [5.41, 5.74) is 1.15. The van der Waals surface area contributed by atoms with Gasteiger partial charge >= 0.3 is 0 Å². The van der Waals surface area contributed by atoms with Crippen LogP contribution in [0.1, 0.15) is 0 Å². The van der Waals surface area contributed by atoms with Crippen molar-refractivity contribution in [1.29, 1.82) is 0 Å². The molecular weight excluding hydrogens is 132 g/mol. The summed E-state index contributed by atoms with van der Waals surface area (Å²) in [6, 6.07) is 1.63. The Kier molecular flexibility index (Phi) is 0.858. The molecule has 2 rings (SSSR count). The van der Waals surface area contributed by atoms with Crippen LogP contribution in [0.15, 0.2) is 18.5 Å².